The Labute approximate surface area is 116 Å². The summed E-state index contributed by atoms with van der Waals surface area (Å²) in [5, 5.41) is 0. The van der Waals surface area contributed by atoms with Crippen LogP contribution in [-0.2, 0) is 9.59 Å². The number of hydrogen-bond acceptors (Lipinski definition) is 4. The van der Waals surface area contributed by atoms with Crippen LogP contribution in [0, 0.1) is 6.57 Å². The van der Waals surface area contributed by atoms with Gasteiger partial charge in [0.25, 0.3) is 4.87 Å². The van der Waals surface area contributed by atoms with Crippen LogP contribution in [0.5, 0.6) is 0 Å². The first-order valence-electron chi connectivity index (χ1n) is 5.19. The van der Waals surface area contributed by atoms with Crippen LogP contribution in [0.4, 0.5) is 0 Å². The Kier molecular flexibility index (Phi) is 7.89. The zero-order valence-electron chi connectivity index (χ0n) is 10.2. The molecule has 0 aliphatic heterocycles. The van der Waals surface area contributed by atoms with Crippen molar-refractivity contribution in [1.82, 2.24) is 0 Å². The lowest BCUT2D eigenvalue weighted by Crippen LogP contribution is -2.15. The van der Waals surface area contributed by atoms with Crippen molar-refractivity contribution >= 4 is 34.3 Å². The van der Waals surface area contributed by atoms with Crippen LogP contribution in [-0.4, -0.2) is 15.2 Å². The van der Waals surface area contributed by atoms with Crippen molar-refractivity contribution < 1.29 is 9.59 Å². The van der Waals surface area contributed by atoms with E-state index in [-0.39, 0.29) is 6.15 Å². The molecule has 0 saturated carbocycles. The van der Waals surface area contributed by atoms with Gasteiger partial charge in [-0.2, -0.15) is 9.59 Å². The van der Waals surface area contributed by atoms with E-state index in [1.54, 1.807) is 0 Å². The Morgan fingerprint density at radius 3 is 2.33 bits per heavy atom. The topological polar surface area (TPSA) is 38.5 Å². The number of rotatable bonds is 3. The van der Waals surface area contributed by atoms with Gasteiger partial charge in [-0.1, -0.05) is 49.5 Å². The molecule has 1 rings (SSSR count). The average molecular weight is 279 g/mol. The second kappa shape index (κ2) is 8.60. The Balaban J connectivity index is 0.000000873. The molecule has 0 fully saturated rings. The van der Waals surface area contributed by atoms with Gasteiger partial charge >= 0.3 is 6.15 Å². The molecule has 3 nitrogen and oxygen atoms in total. The van der Waals surface area contributed by atoms with Crippen LogP contribution in [0.15, 0.2) is 30.3 Å². The summed E-state index contributed by atoms with van der Waals surface area (Å²) in [7, 11) is 0. The molecule has 1 unspecified atom stereocenters. The van der Waals surface area contributed by atoms with E-state index in [1.165, 1.54) is 11.8 Å². The molecule has 0 bridgehead atoms. The van der Waals surface area contributed by atoms with E-state index < -0.39 is 4.87 Å². The fourth-order valence-corrected chi connectivity index (χ4v) is 2.52. The average Bonchev–Trinajstić information content (AvgIpc) is 2.40. The van der Waals surface area contributed by atoms with Crippen LogP contribution in [0.1, 0.15) is 25.8 Å². The van der Waals surface area contributed by atoms with Gasteiger partial charge in [0.05, 0.1) is 4.20 Å². The summed E-state index contributed by atoms with van der Waals surface area (Å²) in [5.74, 6) is 0. The molecular formula is C13H13NO2S2. The third-order valence-electron chi connectivity index (χ3n) is 2.21. The predicted molar refractivity (Wildman–Crippen MR) is 76.0 cm³/mol. The lowest BCUT2D eigenvalue weighted by Gasteiger charge is -2.14. The smallest absolute Gasteiger partial charge is 0.299 e. The molecule has 0 saturated heterocycles. The van der Waals surface area contributed by atoms with E-state index in [9.17, 15) is 0 Å². The van der Waals surface area contributed by atoms with Crippen LogP contribution in [0.25, 0.3) is 4.85 Å². The summed E-state index contributed by atoms with van der Waals surface area (Å²) in [6, 6.07) is 9.85. The third kappa shape index (κ3) is 5.74. The van der Waals surface area contributed by atoms with E-state index in [4.69, 9.17) is 28.4 Å². The number of thioether (sulfide) groups is 1. The minimum atomic E-state index is -0.424. The fourth-order valence-electron chi connectivity index (χ4n) is 1.01. The van der Waals surface area contributed by atoms with Crippen molar-refractivity contribution in [2.24, 2.45) is 0 Å². The van der Waals surface area contributed by atoms with Crippen LogP contribution in [0.2, 0.25) is 0 Å². The first kappa shape index (κ1) is 16.5. The minimum absolute atomic E-state index is 0.250. The number of benzene rings is 1. The van der Waals surface area contributed by atoms with Gasteiger partial charge in [-0.05, 0) is 17.3 Å². The fraction of sp³-hybridized carbons (Fsp3) is 0.308. The van der Waals surface area contributed by atoms with Crippen LogP contribution >= 0.6 is 24.0 Å². The Morgan fingerprint density at radius 2 is 1.94 bits per heavy atom. The SMILES string of the molecule is O=C=O.[C-]#[N+]C(C)(CC)SC(=S)c1ccccc1. The van der Waals surface area contributed by atoms with Gasteiger partial charge in [0.15, 0.2) is 0 Å². The Morgan fingerprint density at radius 1 is 1.44 bits per heavy atom. The van der Waals surface area contributed by atoms with Gasteiger partial charge in [0, 0.05) is 13.3 Å². The minimum Gasteiger partial charge on any atom is -0.299 e. The van der Waals surface area contributed by atoms with Crippen LogP contribution in [0.3, 0.4) is 0 Å². The standard InChI is InChI=1S/C12H13NS2.CO2/c1-4-12(2,13-3)15-11(14)10-8-6-5-7-9-10;2-1-3/h5-9H,4H2,1-2H3;. The molecule has 1 aromatic rings. The van der Waals surface area contributed by atoms with Gasteiger partial charge in [-0.15, -0.1) is 0 Å². The summed E-state index contributed by atoms with van der Waals surface area (Å²) >= 11 is 6.80. The molecule has 94 valence electrons. The van der Waals surface area contributed by atoms with Crippen molar-refractivity contribution in [2.45, 2.75) is 25.1 Å². The highest BCUT2D eigenvalue weighted by Gasteiger charge is 2.30. The molecule has 1 atom stereocenters. The molecule has 1 aromatic carbocycles. The maximum atomic E-state index is 8.12. The quantitative estimate of drug-likeness (QED) is 0.626. The van der Waals surface area contributed by atoms with Gasteiger partial charge in [-0.25, -0.2) is 6.57 Å². The molecule has 0 N–H and O–H groups in total. The van der Waals surface area contributed by atoms with E-state index in [1.807, 2.05) is 44.2 Å². The molecule has 0 amide bonds. The van der Waals surface area contributed by atoms with Crippen molar-refractivity contribution in [3.8, 4) is 0 Å². The normalized spacial score (nSPS) is 12.1. The highest BCUT2D eigenvalue weighted by Crippen LogP contribution is 2.33. The highest BCUT2D eigenvalue weighted by molar-refractivity contribution is 8.24. The first-order valence-corrected chi connectivity index (χ1v) is 6.41. The van der Waals surface area contributed by atoms with Gasteiger partial charge < -0.3 is 0 Å². The Bertz CT molecular complexity index is 462. The Hall–Kier alpha value is -1.47. The maximum absolute atomic E-state index is 8.12. The molecule has 0 aliphatic carbocycles. The number of nitrogens with zero attached hydrogens (tertiary/aromatic N) is 1. The maximum Gasteiger partial charge on any atom is 0.373 e. The largest absolute Gasteiger partial charge is 0.373 e. The second-order valence-electron chi connectivity index (χ2n) is 3.48. The summed E-state index contributed by atoms with van der Waals surface area (Å²) in [6.45, 7) is 11.1. The van der Waals surface area contributed by atoms with Crippen molar-refractivity contribution in [1.29, 1.82) is 0 Å². The van der Waals surface area contributed by atoms with Gasteiger partial charge in [0.1, 0.15) is 0 Å². The summed E-state index contributed by atoms with van der Waals surface area (Å²) < 4.78 is 0.802. The first-order chi connectivity index (χ1) is 8.52. The predicted octanol–water partition coefficient (Wildman–Crippen LogP) is 3.56. The third-order valence-corrected chi connectivity index (χ3v) is 3.94. The number of carbonyl (C=O) groups excluding carboxylic acids is 2. The molecule has 0 radical (unpaired) electrons. The second-order valence-corrected chi connectivity index (χ2v) is 5.64. The highest BCUT2D eigenvalue weighted by atomic mass is 32.2. The molecule has 0 aliphatic rings. The van der Waals surface area contributed by atoms with E-state index in [2.05, 4.69) is 4.85 Å². The zero-order chi connectivity index (χ0) is 14.0. The number of hydrogen-bond donors (Lipinski definition) is 0. The van der Waals surface area contributed by atoms with E-state index in [0.717, 1.165) is 16.2 Å². The molecule has 0 spiro atoms. The zero-order valence-corrected chi connectivity index (χ0v) is 11.8. The molecule has 0 heterocycles. The van der Waals surface area contributed by atoms with Crippen molar-refractivity contribution in [3.63, 3.8) is 0 Å². The van der Waals surface area contributed by atoms with Crippen molar-refractivity contribution in [3.05, 3.63) is 47.3 Å². The number of thiocarbonyl (C=S) groups is 1. The summed E-state index contributed by atoms with van der Waals surface area (Å²) in [5.41, 5.74) is 1.03. The van der Waals surface area contributed by atoms with Crippen molar-refractivity contribution in [2.75, 3.05) is 0 Å². The summed E-state index contributed by atoms with van der Waals surface area (Å²) in [6.07, 6.45) is 1.05. The molecular weight excluding hydrogens is 266 g/mol. The van der Waals surface area contributed by atoms with Gasteiger partial charge in [0.2, 0.25) is 0 Å². The van der Waals surface area contributed by atoms with Crippen LogP contribution < -0.4 is 0 Å². The van der Waals surface area contributed by atoms with Gasteiger partial charge in [-0.3, -0.25) is 4.85 Å². The molecule has 5 heteroatoms. The molecule has 18 heavy (non-hydrogen) atoms. The van der Waals surface area contributed by atoms with E-state index in [0.29, 0.717) is 0 Å². The lowest BCUT2D eigenvalue weighted by atomic mass is 10.2. The molecule has 0 aromatic heterocycles. The summed E-state index contributed by atoms with van der Waals surface area (Å²) in [4.78, 5) is 19.5. The lowest BCUT2D eigenvalue weighted by molar-refractivity contribution is -0.191. The monoisotopic (exact) mass is 279 g/mol. The van der Waals surface area contributed by atoms with E-state index >= 15 is 0 Å².